The summed E-state index contributed by atoms with van der Waals surface area (Å²) < 4.78 is 4.99. The maximum Gasteiger partial charge on any atom is 0.316 e. The molecule has 1 aromatic carbocycles. The number of hydrogen-bond acceptors (Lipinski definition) is 4. The van der Waals surface area contributed by atoms with E-state index in [1.807, 2.05) is 45.9 Å². The summed E-state index contributed by atoms with van der Waals surface area (Å²) in [6.07, 6.45) is 0. The molecule has 0 aromatic heterocycles. The number of ether oxygens (including phenoxy) is 1. The Kier molecular flexibility index (Phi) is 7.45. The molecule has 0 radical (unpaired) electrons. The molecule has 1 rings (SSSR count). The van der Waals surface area contributed by atoms with E-state index >= 15 is 0 Å². The third-order valence-electron chi connectivity index (χ3n) is 3.59. The molecule has 22 heavy (non-hydrogen) atoms. The third kappa shape index (κ3) is 6.52. The molecule has 0 bridgehead atoms. The average Bonchev–Trinajstić information content (AvgIpc) is 2.46. The predicted octanol–water partition coefficient (Wildman–Crippen LogP) is 3.10. The Bertz CT molecular complexity index is 529. The molecule has 4 nitrogen and oxygen atoms in total. The lowest BCUT2D eigenvalue weighted by Gasteiger charge is -2.17. The van der Waals surface area contributed by atoms with Crippen molar-refractivity contribution in [1.29, 1.82) is 0 Å². The number of thioether (sulfide) groups is 1. The second kappa shape index (κ2) is 8.83. The first kappa shape index (κ1) is 18.6. The Balaban J connectivity index is 2.31. The van der Waals surface area contributed by atoms with Crippen LogP contribution < -0.4 is 5.32 Å². The van der Waals surface area contributed by atoms with Crippen molar-refractivity contribution in [1.82, 2.24) is 5.32 Å². The molecule has 0 saturated carbocycles. The second-order valence-corrected chi connectivity index (χ2v) is 6.84. The number of aryl methyl sites for hydroxylation is 2. The van der Waals surface area contributed by atoms with Crippen molar-refractivity contribution in [2.45, 2.75) is 45.6 Å². The van der Waals surface area contributed by atoms with Crippen LogP contribution in [0.5, 0.6) is 0 Å². The first-order chi connectivity index (χ1) is 10.3. The van der Waals surface area contributed by atoms with Gasteiger partial charge in [-0.15, -0.1) is 11.8 Å². The zero-order valence-electron chi connectivity index (χ0n) is 13.9. The molecule has 0 spiro atoms. The lowest BCUT2D eigenvalue weighted by atomic mass is 10.1. The fourth-order valence-electron chi connectivity index (χ4n) is 1.60. The summed E-state index contributed by atoms with van der Waals surface area (Å²) in [5.41, 5.74) is 2.42. The van der Waals surface area contributed by atoms with Gasteiger partial charge in [0.15, 0.2) is 6.61 Å². The van der Waals surface area contributed by atoms with Crippen LogP contribution in [0.15, 0.2) is 23.1 Å². The van der Waals surface area contributed by atoms with Gasteiger partial charge in [-0.05, 0) is 49.9 Å². The molecule has 0 aliphatic rings. The molecule has 0 aliphatic heterocycles. The van der Waals surface area contributed by atoms with Crippen LogP contribution in [0.4, 0.5) is 0 Å². The van der Waals surface area contributed by atoms with E-state index in [0.717, 1.165) is 4.90 Å². The van der Waals surface area contributed by atoms with Gasteiger partial charge in [-0.25, -0.2) is 0 Å². The van der Waals surface area contributed by atoms with Crippen LogP contribution in [-0.2, 0) is 14.3 Å². The number of nitrogens with one attached hydrogen (secondary N) is 1. The lowest BCUT2D eigenvalue weighted by Crippen LogP contribution is -2.38. The molecular weight excluding hydrogens is 298 g/mol. The van der Waals surface area contributed by atoms with Gasteiger partial charge in [0.25, 0.3) is 5.91 Å². The van der Waals surface area contributed by atoms with E-state index in [1.54, 1.807) is 0 Å². The zero-order chi connectivity index (χ0) is 16.7. The van der Waals surface area contributed by atoms with E-state index < -0.39 is 0 Å². The van der Waals surface area contributed by atoms with Crippen molar-refractivity contribution in [3.05, 3.63) is 29.3 Å². The Hall–Kier alpha value is -1.49. The number of benzene rings is 1. The van der Waals surface area contributed by atoms with Crippen molar-refractivity contribution < 1.29 is 14.3 Å². The Morgan fingerprint density at radius 2 is 1.86 bits per heavy atom. The zero-order valence-corrected chi connectivity index (χ0v) is 14.8. The van der Waals surface area contributed by atoms with E-state index in [9.17, 15) is 9.59 Å². The Morgan fingerprint density at radius 3 is 2.45 bits per heavy atom. The summed E-state index contributed by atoms with van der Waals surface area (Å²) in [7, 11) is 0. The summed E-state index contributed by atoms with van der Waals surface area (Å²) in [6.45, 7) is 9.85. The lowest BCUT2D eigenvalue weighted by molar-refractivity contribution is -0.146. The summed E-state index contributed by atoms with van der Waals surface area (Å²) >= 11 is 1.42. The summed E-state index contributed by atoms with van der Waals surface area (Å²) in [5.74, 6) is -0.0866. The number of carbonyl (C=O) groups excluding carboxylic acids is 2. The van der Waals surface area contributed by atoms with Gasteiger partial charge < -0.3 is 10.1 Å². The minimum Gasteiger partial charge on any atom is -0.455 e. The number of amides is 1. The molecule has 1 aromatic rings. The first-order valence-electron chi connectivity index (χ1n) is 7.44. The maximum absolute atomic E-state index is 11.7. The van der Waals surface area contributed by atoms with Gasteiger partial charge >= 0.3 is 5.97 Å². The van der Waals surface area contributed by atoms with E-state index in [4.69, 9.17) is 4.74 Å². The van der Waals surface area contributed by atoms with Crippen LogP contribution >= 0.6 is 11.8 Å². The normalized spacial score (nSPS) is 12.1. The Labute approximate surface area is 137 Å². The van der Waals surface area contributed by atoms with Crippen molar-refractivity contribution in [3.8, 4) is 0 Å². The quantitative estimate of drug-likeness (QED) is 0.619. The van der Waals surface area contributed by atoms with E-state index in [0.29, 0.717) is 5.92 Å². The van der Waals surface area contributed by atoms with Gasteiger partial charge in [-0.2, -0.15) is 0 Å². The highest BCUT2D eigenvalue weighted by molar-refractivity contribution is 8.00. The van der Waals surface area contributed by atoms with Gasteiger partial charge in [0.05, 0.1) is 5.75 Å². The molecule has 1 atom stereocenters. The highest BCUT2D eigenvalue weighted by Gasteiger charge is 2.13. The van der Waals surface area contributed by atoms with Gasteiger partial charge in [0.2, 0.25) is 0 Å². The van der Waals surface area contributed by atoms with Crippen LogP contribution in [0.2, 0.25) is 0 Å². The minimum atomic E-state index is -0.379. The molecule has 0 aliphatic carbocycles. The summed E-state index contributed by atoms with van der Waals surface area (Å²) in [6, 6.07) is 6.13. The fourth-order valence-corrected chi connectivity index (χ4v) is 2.39. The predicted molar refractivity (Wildman–Crippen MR) is 90.0 cm³/mol. The largest absolute Gasteiger partial charge is 0.455 e. The van der Waals surface area contributed by atoms with Crippen LogP contribution in [0.1, 0.15) is 31.9 Å². The highest BCUT2D eigenvalue weighted by atomic mass is 32.2. The van der Waals surface area contributed by atoms with Crippen LogP contribution in [0.3, 0.4) is 0 Å². The number of carbonyl (C=O) groups is 2. The third-order valence-corrected chi connectivity index (χ3v) is 4.56. The van der Waals surface area contributed by atoms with E-state index in [1.165, 1.54) is 22.9 Å². The molecule has 5 heteroatoms. The smallest absolute Gasteiger partial charge is 0.316 e. The SMILES string of the molecule is Cc1ccc(SCC(=O)OCC(=O)N[C@@H](C)C(C)C)cc1C. The topological polar surface area (TPSA) is 55.4 Å². The standard InChI is InChI=1S/C17H25NO3S/c1-11(2)14(5)18-16(19)9-21-17(20)10-22-15-7-6-12(3)13(4)8-15/h6-8,11,14H,9-10H2,1-5H3,(H,18,19)/t14-/m0/s1. The fraction of sp³-hybridized carbons (Fsp3) is 0.529. The second-order valence-electron chi connectivity index (χ2n) is 5.80. The summed E-state index contributed by atoms with van der Waals surface area (Å²) in [4.78, 5) is 24.3. The molecule has 0 heterocycles. The summed E-state index contributed by atoms with van der Waals surface area (Å²) in [5, 5.41) is 2.80. The van der Waals surface area contributed by atoms with Gasteiger partial charge in [0.1, 0.15) is 0 Å². The van der Waals surface area contributed by atoms with Crippen molar-refractivity contribution >= 4 is 23.6 Å². The average molecular weight is 323 g/mol. The van der Waals surface area contributed by atoms with Gasteiger partial charge in [-0.3, -0.25) is 9.59 Å². The molecule has 0 unspecified atom stereocenters. The molecule has 1 amide bonds. The highest BCUT2D eigenvalue weighted by Crippen LogP contribution is 2.21. The molecule has 0 fully saturated rings. The number of hydrogen-bond donors (Lipinski definition) is 1. The van der Waals surface area contributed by atoms with Crippen molar-refractivity contribution in [2.24, 2.45) is 5.92 Å². The molecule has 0 saturated heterocycles. The number of esters is 1. The van der Waals surface area contributed by atoms with E-state index in [-0.39, 0.29) is 30.3 Å². The molecule has 1 N–H and O–H groups in total. The van der Waals surface area contributed by atoms with Crippen LogP contribution in [0, 0.1) is 19.8 Å². The molecule has 122 valence electrons. The van der Waals surface area contributed by atoms with Crippen molar-refractivity contribution in [2.75, 3.05) is 12.4 Å². The number of rotatable bonds is 7. The Morgan fingerprint density at radius 1 is 1.18 bits per heavy atom. The molecular formula is C17H25NO3S. The van der Waals surface area contributed by atoms with Gasteiger partial charge in [-0.1, -0.05) is 19.9 Å². The van der Waals surface area contributed by atoms with Gasteiger partial charge in [0, 0.05) is 10.9 Å². The van der Waals surface area contributed by atoms with Crippen LogP contribution in [0.25, 0.3) is 0 Å². The van der Waals surface area contributed by atoms with Crippen molar-refractivity contribution in [3.63, 3.8) is 0 Å². The first-order valence-corrected chi connectivity index (χ1v) is 8.43. The monoisotopic (exact) mass is 323 g/mol. The minimum absolute atomic E-state index is 0.0658. The van der Waals surface area contributed by atoms with Crippen LogP contribution in [-0.4, -0.2) is 30.3 Å². The van der Waals surface area contributed by atoms with E-state index in [2.05, 4.69) is 12.2 Å². The maximum atomic E-state index is 11.7.